The first-order chi connectivity index (χ1) is 15.5. The molecule has 4 rings (SSSR count). The highest BCUT2D eigenvalue weighted by Gasteiger charge is 2.29. The Morgan fingerprint density at radius 2 is 1.59 bits per heavy atom. The van der Waals surface area contributed by atoms with Crippen LogP contribution in [0.3, 0.4) is 0 Å². The van der Waals surface area contributed by atoms with Gasteiger partial charge in [0.2, 0.25) is 10.0 Å². The second-order valence-electron chi connectivity index (χ2n) is 7.29. The molecular formula is C21H26N6O4S. The Morgan fingerprint density at radius 3 is 2.22 bits per heavy atom. The second kappa shape index (κ2) is 9.63. The van der Waals surface area contributed by atoms with Crippen molar-refractivity contribution in [3.8, 4) is 17.2 Å². The topological polar surface area (TPSA) is 103 Å². The zero-order valence-electron chi connectivity index (χ0n) is 18.1. The largest absolute Gasteiger partial charge is 0.497 e. The van der Waals surface area contributed by atoms with E-state index in [1.807, 2.05) is 31.2 Å². The molecule has 0 atom stereocenters. The second-order valence-corrected chi connectivity index (χ2v) is 9.23. The van der Waals surface area contributed by atoms with Crippen LogP contribution in [0.25, 0.3) is 5.69 Å². The first-order valence-electron chi connectivity index (χ1n) is 10.4. The van der Waals surface area contributed by atoms with Gasteiger partial charge < -0.3 is 9.47 Å². The SMILES string of the molecule is CCOc1ccc(-n2nnnc2CN2CCN(S(=O)(=O)c3ccc(OC)cc3)CC2)cc1. The van der Waals surface area contributed by atoms with Gasteiger partial charge in [0.25, 0.3) is 0 Å². The summed E-state index contributed by atoms with van der Waals surface area (Å²) in [6.07, 6.45) is 0. The molecule has 0 radical (unpaired) electrons. The molecule has 0 bridgehead atoms. The number of rotatable bonds is 8. The fraction of sp³-hybridized carbons (Fsp3) is 0.381. The Kier molecular flexibility index (Phi) is 6.68. The molecule has 10 nitrogen and oxygen atoms in total. The summed E-state index contributed by atoms with van der Waals surface area (Å²) < 4.78 is 39.7. The molecule has 1 aromatic heterocycles. The van der Waals surface area contributed by atoms with E-state index in [0.29, 0.717) is 50.9 Å². The van der Waals surface area contributed by atoms with Crippen molar-refractivity contribution in [2.45, 2.75) is 18.4 Å². The molecule has 1 aliphatic rings. The third kappa shape index (κ3) is 4.74. The van der Waals surface area contributed by atoms with Gasteiger partial charge in [0.05, 0.1) is 30.8 Å². The van der Waals surface area contributed by atoms with Crippen molar-refractivity contribution in [3.63, 3.8) is 0 Å². The number of aromatic nitrogens is 4. The van der Waals surface area contributed by atoms with Crippen molar-refractivity contribution in [2.75, 3.05) is 39.9 Å². The van der Waals surface area contributed by atoms with Crippen molar-refractivity contribution < 1.29 is 17.9 Å². The van der Waals surface area contributed by atoms with Crippen LogP contribution >= 0.6 is 0 Å². The standard InChI is InChI=1S/C21H26N6O4S/c1-3-31-19-6-4-17(5-7-19)27-21(22-23-24-27)16-25-12-14-26(15-13-25)32(28,29)20-10-8-18(30-2)9-11-20/h4-11H,3,12-16H2,1-2H3. The number of piperazine rings is 1. The van der Waals surface area contributed by atoms with E-state index < -0.39 is 10.0 Å². The summed E-state index contributed by atoms with van der Waals surface area (Å²) in [4.78, 5) is 2.42. The minimum absolute atomic E-state index is 0.270. The maximum absolute atomic E-state index is 12.9. The van der Waals surface area contributed by atoms with E-state index in [9.17, 15) is 8.42 Å². The van der Waals surface area contributed by atoms with Gasteiger partial charge in [-0.3, -0.25) is 4.90 Å². The van der Waals surface area contributed by atoms with Gasteiger partial charge in [-0.1, -0.05) is 0 Å². The maximum atomic E-state index is 12.9. The maximum Gasteiger partial charge on any atom is 0.243 e. The zero-order valence-corrected chi connectivity index (χ0v) is 18.9. The predicted octanol–water partition coefficient (Wildman–Crippen LogP) is 1.58. The van der Waals surface area contributed by atoms with Crippen LogP contribution in [-0.4, -0.2) is 77.7 Å². The Bertz CT molecular complexity index is 1120. The van der Waals surface area contributed by atoms with E-state index >= 15 is 0 Å². The van der Waals surface area contributed by atoms with Crippen LogP contribution < -0.4 is 9.47 Å². The lowest BCUT2D eigenvalue weighted by Crippen LogP contribution is -2.48. The molecule has 1 fully saturated rings. The van der Waals surface area contributed by atoms with E-state index in [2.05, 4.69) is 20.4 Å². The minimum Gasteiger partial charge on any atom is -0.497 e. The first-order valence-corrected chi connectivity index (χ1v) is 11.8. The van der Waals surface area contributed by atoms with E-state index in [4.69, 9.17) is 9.47 Å². The lowest BCUT2D eigenvalue weighted by Gasteiger charge is -2.33. The van der Waals surface area contributed by atoms with E-state index in [1.165, 1.54) is 4.31 Å². The number of benzene rings is 2. The summed E-state index contributed by atoms with van der Waals surface area (Å²) >= 11 is 0. The number of nitrogens with zero attached hydrogens (tertiary/aromatic N) is 6. The number of methoxy groups -OCH3 is 1. The Labute approximate surface area is 187 Å². The molecule has 2 aromatic carbocycles. The molecule has 0 spiro atoms. The molecule has 0 amide bonds. The summed E-state index contributed by atoms with van der Waals surface area (Å²) in [7, 11) is -1.99. The first kappa shape index (κ1) is 22.2. The van der Waals surface area contributed by atoms with Crippen LogP contribution in [0.5, 0.6) is 11.5 Å². The average Bonchev–Trinajstić information content (AvgIpc) is 3.28. The van der Waals surface area contributed by atoms with Gasteiger partial charge in [-0.05, 0) is 65.9 Å². The molecule has 32 heavy (non-hydrogen) atoms. The average molecular weight is 459 g/mol. The fourth-order valence-corrected chi connectivity index (χ4v) is 5.00. The van der Waals surface area contributed by atoms with Crippen LogP contribution in [0, 0.1) is 0 Å². The van der Waals surface area contributed by atoms with Crippen LogP contribution in [0.4, 0.5) is 0 Å². The van der Waals surface area contributed by atoms with Gasteiger partial charge in [-0.25, -0.2) is 8.42 Å². The molecule has 11 heteroatoms. The predicted molar refractivity (Wildman–Crippen MR) is 117 cm³/mol. The van der Waals surface area contributed by atoms with Crippen molar-refractivity contribution >= 4 is 10.0 Å². The van der Waals surface area contributed by atoms with Crippen LogP contribution in [0.15, 0.2) is 53.4 Å². The Morgan fingerprint density at radius 1 is 0.938 bits per heavy atom. The molecule has 1 saturated heterocycles. The number of hydrogen-bond donors (Lipinski definition) is 0. The molecule has 0 saturated carbocycles. The van der Waals surface area contributed by atoms with Gasteiger partial charge in [0.1, 0.15) is 11.5 Å². The van der Waals surface area contributed by atoms with Gasteiger partial charge in [0.15, 0.2) is 5.82 Å². The summed E-state index contributed by atoms with van der Waals surface area (Å²) in [6.45, 7) is 5.05. The van der Waals surface area contributed by atoms with Crippen molar-refractivity contribution in [3.05, 3.63) is 54.4 Å². The van der Waals surface area contributed by atoms with Crippen molar-refractivity contribution in [1.29, 1.82) is 0 Å². The third-order valence-corrected chi connectivity index (χ3v) is 7.23. The molecular weight excluding hydrogens is 432 g/mol. The normalized spacial score (nSPS) is 15.6. The number of ether oxygens (including phenoxy) is 2. The Hall–Kier alpha value is -3.02. The highest BCUT2D eigenvalue weighted by atomic mass is 32.2. The molecule has 0 aliphatic carbocycles. The molecule has 2 heterocycles. The molecule has 0 N–H and O–H groups in total. The fourth-order valence-electron chi connectivity index (χ4n) is 3.58. The molecule has 170 valence electrons. The number of hydrogen-bond acceptors (Lipinski definition) is 8. The molecule has 0 unspecified atom stereocenters. The van der Waals surface area contributed by atoms with Crippen LogP contribution in [-0.2, 0) is 16.6 Å². The highest BCUT2D eigenvalue weighted by molar-refractivity contribution is 7.89. The lowest BCUT2D eigenvalue weighted by molar-refractivity contribution is 0.177. The summed E-state index contributed by atoms with van der Waals surface area (Å²) in [5.41, 5.74) is 0.842. The summed E-state index contributed by atoms with van der Waals surface area (Å²) in [5, 5.41) is 12.1. The van der Waals surface area contributed by atoms with Gasteiger partial charge >= 0.3 is 0 Å². The van der Waals surface area contributed by atoms with Gasteiger partial charge in [0, 0.05) is 26.2 Å². The van der Waals surface area contributed by atoms with Crippen LogP contribution in [0.2, 0.25) is 0 Å². The Balaban J connectivity index is 1.39. The lowest BCUT2D eigenvalue weighted by atomic mass is 10.3. The van der Waals surface area contributed by atoms with Gasteiger partial charge in [-0.2, -0.15) is 8.99 Å². The van der Waals surface area contributed by atoms with Gasteiger partial charge in [-0.15, -0.1) is 5.10 Å². The smallest absolute Gasteiger partial charge is 0.243 e. The van der Waals surface area contributed by atoms with Crippen LogP contribution in [0.1, 0.15) is 12.7 Å². The number of tetrazole rings is 1. The van der Waals surface area contributed by atoms with Crippen molar-refractivity contribution in [1.82, 2.24) is 29.4 Å². The molecule has 3 aromatic rings. The van der Waals surface area contributed by atoms with E-state index in [1.54, 1.807) is 36.1 Å². The third-order valence-electron chi connectivity index (χ3n) is 5.32. The highest BCUT2D eigenvalue weighted by Crippen LogP contribution is 2.21. The minimum atomic E-state index is -3.54. The quantitative estimate of drug-likeness (QED) is 0.501. The van der Waals surface area contributed by atoms with Crippen molar-refractivity contribution in [2.24, 2.45) is 0 Å². The molecule has 1 aliphatic heterocycles. The summed E-state index contributed by atoms with van der Waals surface area (Å²) in [6, 6.07) is 14.0. The number of sulfonamides is 1. The van der Waals surface area contributed by atoms with E-state index in [0.717, 1.165) is 11.4 Å². The zero-order chi connectivity index (χ0) is 22.6. The monoisotopic (exact) mass is 458 g/mol. The van der Waals surface area contributed by atoms with E-state index in [-0.39, 0.29) is 4.90 Å². The summed E-state index contributed by atoms with van der Waals surface area (Å²) in [5.74, 6) is 2.11.